The third-order valence-electron chi connectivity index (χ3n) is 11.2. The van der Waals surface area contributed by atoms with E-state index in [1.165, 1.54) is 29.1 Å². The number of hydrogen-bond donors (Lipinski definition) is 1. The number of fused-ring (bicyclic) bond motifs is 4. The lowest BCUT2D eigenvalue weighted by atomic mass is 9.68. The van der Waals surface area contributed by atoms with E-state index in [9.17, 15) is 13.8 Å². The van der Waals surface area contributed by atoms with Crippen LogP contribution in [0.5, 0.6) is 11.6 Å². The number of halogens is 1. The molecule has 0 radical (unpaired) electrons. The van der Waals surface area contributed by atoms with E-state index in [1.54, 1.807) is 33.4 Å². The van der Waals surface area contributed by atoms with Gasteiger partial charge in [0.2, 0.25) is 5.88 Å². The molecule has 2 aromatic heterocycles. The Labute approximate surface area is 315 Å². The molecular weight excluding hydrogens is 720 g/mol. The average molecular weight is 767 g/mol. The van der Waals surface area contributed by atoms with Gasteiger partial charge in [-0.3, -0.25) is 19.0 Å². The number of pyridine rings is 1. The van der Waals surface area contributed by atoms with Gasteiger partial charge in [-0.1, -0.05) is 36.7 Å². The van der Waals surface area contributed by atoms with Crippen LogP contribution < -0.4 is 19.1 Å². The number of anilines is 1. The number of nitrogens with one attached hydrogen (secondary N) is 1. The molecule has 284 valence electrons. The number of nitrogens with zero attached hydrogens (tertiary/aromatic N) is 5. The van der Waals surface area contributed by atoms with Gasteiger partial charge in [-0.25, -0.2) is 9.19 Å². The summed E-state index contributed by atoms with van der Waals surface area (Å²) in [4.78, 5) is 34.8. The smallest absolute Gasteiger partial charge is 0.305 e. The summed E-state index contributed by atoms with van der Waals surface area (Å²) in [5, 5.41) is 4.86. The Morgan fingerprint density at radius 1 is 1.11 bits per heavy atom. The van der Waals surface area contributed by atoms with E-state index in [4.69, 9.17) is 35.5 Å². The van der Waals surface area contributed by atoms with Crippen molar-refractivity contribution in [3.05, 3.63) is 76.1 Å². The van der Waals surface area contributed by atoms with Crippen LogP contribution in [0.1, 0.15) is 64.6 Å². The van der Waals surface area contributed by atoms with Gasteiger partial charge in [-0.15, -0.1) is 9.46 Å². The van der Waals surface area contributed by atoms with Crippen LogP contribution in [0.15, 0.2) is 53.0 Å². The minimum Gasteiger partial charge on any atom is -0.489 e. The second-order valence-electron chi connectivity index (χ2n) is 14.7. The minimum atomic E-state index is -3.76. The first-order valence-electron chi connectivity index (χ1n) is 18.1. The Morgan fingerprint density at radius 3 is 2.64 bits per heavy atom. The standard InChI is InChI=1S/C38H47ClN6O7S/c1-23-20-53(48,42-35(46)28-19-44(2)41-37(28)51-5)43-36(47)30-12-13-33-34(40-30)45(18-25-8-10-27(25)32(50-4)15-14-31(23)49-3)21-38(22-52-33)16-6-7-24-17-26(39)9-11-29(24)38/h9,11-15,17,19,23,25,27,31-32H,6-8,10,16,18,20-22H2,1-5H3,(H,42,43,46,47,48)/b15-14+/t23-,25+,27-,31+,32+,38+,53-/m1/s1. The summed E-state index contributed by atoms with van der Waals surface area (Å²) in [6.45, 7) is 3.58. The minimum absolute atomic E-state index is 0.00656. The van der Waals surface area contributed by atoms with E-state index in [0.29, 0.717) is 36.3 Å². The topological polar surface area (TPSA) is 146 Å². The highest BCUT2D eigenvalue weighted by Gasteiger charge is 2.45. The van der Waals surface area contributed by atoms with Crippen molar-refractivity contribution >= 4 is 39.1 Å². The summed E-state index contributed by atoms with van der Waals surface area (Å²) in [5.74, 6) is -0.522. The maximum atomic E-state index is 14.7. The number of rotatable bonds is 5. The van der Waals surface area contributed by atoms with E-state index >= 15 is 0 Å². The van der Waals surface area contributed by atoms with Crippen LogP contribution in [0, 0.1) is 17.8 Å². The van der Waals surface area contributed by atoms with E-state index in [0.717, 1.165) is 32.1 Å². The molecule has 2 bridgehead atoms. The summed E-state index contributed by atoms with van der Waals surface area (Å²) in [6.07, 6.45) is 9.57. The molecule has 2 aliphatic carbocycles. The number of ether oxygens (including phenoxy) is 4. The molecule has 1 fully saturated rings. The lowest BCUT2D eigenvalue weighted by Gasteiger charge is -2.45. The zero-order valence-corrected chi connectivity index (χ0v) is 32.3. The molecule has 0 unspecified atom stereocenters. The molecule has 15 heteroatoms. The summed E-state index contributed by atoms with van der Waals surface area (Å²) in [5.41, 5.74) is 2.17. The van der Waals surface area contributed by atoms with Crippen LogP contribution in [0.2, 0.25) is 5.02 Å². The fourth-order valence-electron chi connectivity index (χ4n) is 8.46. The highest BCUT2D eigenvalue weighted by Crippen LogP contribution is 2.46. The van der Waals surface area contributed by atoms with Crippen molar-refractivity contribution in [2.75, 3.05) is 51.7 Å². The molecule has 1 saturated carbocycles. The Morgan fingerprint density at radius 2 is 1.91 bits per heavy atom. The van der Waals surface area contributed by atoms with Gasteiger partial charge < -0.3 is 23.8 Å². The molecule has 1 spiro atoms. The van der Waals surface area contributed by atoms with Crippen LogP contribution in [-0.4, -0.2) is 89.8 Å². The maximum Gasteiger partial charge on any atom is 0.305 e. The Balaban J connectivity index is 1.33. The van der Waals surface area contributed by atoms with Crippen molar-refractivity contribution in [3.63, 3.8) is 0 Å². The highest BCUT2D eigenvalue weighted by atomic mass is 35.5. The number of hydrogen-bond acceptors (Lipinski definition) is 10. The van der Waals surface area contributed by atoms with Gasteiger partial charge in [0.1, 0.15) is 21.2 Å². The van der Waals surface area contributed by atoms with Gasteiger partial charge >= 0.3 is 5.91 Å². The fourth-order valence-corrected chi connectivity index (χ4v) is 10.5. The lowest BCUT2D eigenvalue weighted by Crippen LogP contribution is -2.49. The van der Waals surface area contributed by atoms with Gasteiger partial charge in [0, 0.05) is 51.0 Å². The largest absolute Gasteiger partial charge is 0.489 e. The monoisotopic (exact) mass is 766 g/mol. The van der Waals surface area contributed by atoms with E-state index < -0.39 is 33.8 Å². The highest BCUT2D eigenvalue weighted by molar-refractivity contribution is 7.92. The van der Waals surface area contributed by atoms with Gasteiger partial charge in [-0.2, -0.15) is 0 Å². The second kappa shape index (κ2) is 15.0. The second-order valence-corrected chi connectivity index (χ2v) is 17.2. The quantitative estimate of drug-likeness (QED) is 0.346. The normalized spacial score (nSPS) is 30.5. The zero-order valence-electron chi connectivity index (χ0n) is 30.7. The molecule has 13 nitrogen and oxygen atoms in total. The number of carbonyl (C=O) groups is 2. The van der Waals surface area contributed by atoms with Crippen molar-refractivity contribution in [2.24, 2.45) is 29.2 Å². The molecule has 4 aliphatic rings. The third-order valence-corrected chi connectivity index (χ3v) is 13.4. The molecule has 2 aliphatic heterocycles. The number of benzene rings is 1. The molecular formula is C38H47ClN6O7S. The lowest BCUT2D eigenvalue weighted by molar-refractivity contribution is 0.0119. The molecule has 7 rings (SSSR count). The van der Waals surface area contributed by atoms with E-state index in [-0.39, 0.29) is 46.2 Å². The van der Waals surface area contributed by atoms with Gasteiger partial charge in [0.15, 0.2) is 11.6 Å². The van der Waals surface area contributed by atoms with Crippen LogP contribution in [0.3, 0.4) is 0 Å². The number of aromatic nitrogens is 3. The van der Waals surface area contributed by atoms with Gasteiger partial charge in [0.05, 0.1) is 31.7 Å². The molecule has 4 heterocycles. The van der Waals surface area contributed by atoms with E-state index in [2.05, 4.69) is 31.2 Å². The summed E-state index contributed by atoms with van der Waals surface area (Å²) in [7, 11) is 2.56. The number of carbonyl (C=O) groups excluding carboxylic acids is 2. The predicted octanol–water partition coefficient (Wildman–Crippen LogP) is 5.17. The Bertz CT molecular complexity index is 2050. The Kier molecular flexibility index (Phi) is 10.6. The molecule has 53 heavy (non-hydrogen) atoms. The fraction of sp³-hybridized carbons (Fsp3) is 0.526. The summed E-state index contributed by atoms with van der Waals surface area (Å²) >= 11 is 6.45. The first-order chi connectivity index (χ1) is 25.4. The summed E-state index contributed by atoms with van der Waals surface area (Å²) < 4.78 is 46.7. The number of amides is 2. The van der Waals surface area contributed by atoms with Crippen LogP contribution in [0.4, 0.5) is 5.82 Å². The SMILES string of the molecule is COc1nn(C)cc1C(=O)N[S@@]1(=O)=NC(=O)c2ccc3c(n2)N(C[C@@H]2CC[C@H]2[C@@H](OC)/C=C/[C@H](OC)[C@H](C)C1)C[C@@]1(CCCc2cc(Cl)ccc21)CO3. The first kappa shape index (κ1) is 37.3. The van der Waals surface area contributed by atoms with Crippen LogP contribution in [0.25, 0.3) is 0 Å². The predicted molar refractivity (Wildman–Crippen MR) is 201 cm³/mol. The molecule has 1 aromatic carbocycles. The molecule has 0 saturated heterocycles. The van der Waals surface area contributed by atoms with Crippen LogP contribution in [-0.2, 0) is 38.3 Å². The van der Waals surface area contributed by atoms with E-state index in [1.807, 2.05) is 25.1 Å². The van der Waals surface area contributed by atoms with Crippen molar-refractivity contribution in [3.8, 4) is 11.6 Å². The average Bonchev–Trinajstić information content (AvgIpc) is 3.44. The third kappa shape index (κ3) is 7.43. The first-order valence-corrected chi connectivity index (χ1v) is 20.1. The van der Waals surface area contributed by atoms with Gasteiger partial charge in [0.25, 0.3) is 5.91 Å². The van der Waals surface area contributed by atoms with Crippen molar-refractivity contribution in [1.29, 1.82) is 0 Å². The molecule has 7 atom stereocenters. The van der Waals surface area contributed by atoms with Crippen molar-refractivity contribution in [2.45, 2.75) is 56.7 Å². The number of methoxy groups -OCH3 is 3. The molecule has 2 amide bonds. The maximum absolute atomic E-state index is 14.7. The van der Waals surface area contributed by atoms with Crippen LogP contribution >= 0.6 is 11.6 Å². The van der Waals surface area contributed by atoms with Gasteiger partial charge in [-0.05, 0) is 85.3 Å². The Hall–Kier alpha value is -3.98. The summed E-state index contributed by atoms with van der Waals surface area (Å²) in [6, 6.07) is 9.43. The zero-order chi connectivity index (χ0) is 37.5. The molecule has 1 N–H and O–H groups in total. The molecule has 3 aromatic rings. The van der Waals surface area contributed by atoms with Crippen molar-refractivity contribution in [1.82, 2.24) is 19.5 Å². The number of aryl methyl sites for hydroxylation is 2. The van der Waals surface area contributed by atoms with Crippen molar-refractivity contribution < 1.29 is 32.7 Å².